The Morgan fingerprint density at radius 3 is 2.88 bits per heavy atom. The number of aromatic nitrogens is 1. The molecule has 1 atom stereocenters. The molecule has 0 spiro atoms. The van der Waals surface area contributed by atoms with Crippen molar-refractivity contribution in [1.29, 1.82) is 0 Å². The molecule has 1 heterocycles. The second kappa shape index (κ2) is 4.63. The van der Waals surface area contributed by atoms with Crippen LogP contribution in [0.1, 0.15) is 21.6 Å². The van der Waals surface area contributed by atoms with Crippen molar-refractivity contribution in [1.82, 2.24) is 4.98 Å². The second-order valence-electron chi connectivity index (χ2n) is 3.46. The number of nitrogens with zero attached hydrogens (tertiary/aromatic N) is 1. The van der Waals surface area contributed by atoms with Crippen LogP contribution in [0.3, 0.4) is 0 Å². The third-order valence-corrected chi connectivity index (χ3v) is 3.28. The molecule has 2 aromatic rings. The van der Waals surface area contributed by atoms with E-state index >= 15 is 0 Å². The van der Waals surface area contributed by atoms with Crippen molar-refractivity contribution in [2.24, 2.45) is 0 Å². The Bertz CT molecular complexity index is 481. The number of rotatable bonds is 3. The number of methoxy groups -OCH3 is 1. The Kier molecular flexibility index (Phi) is 3.22. The molecule has 0 saturated carbocycles. The Labute approximate surface area is 98.4 Å². The normalized spacial score (nSPS) is 12.4. The first kappa shape index (κ1) is 11.1. The molecular formula is C12H13NO2S. The molecule has 0 amide bonds. The summed E-state index contributed by atoms with van der Waals surface area (Å²) in [6.45, 7) is 1.92. The summed E-state index contributed by atoms with van der Waals surface area (Å²) in [5.41, 5.74) is 0.822. The molecular weight excluding hydrogens is 222 g/mol. The van der Waals surface area contributed by atoms with Gasteiger partial charge in [-0.25, -0.2) is 4.98 Å². The van der Waals surface area contributed by atoms with Gasteiger partial charge in [-0.1, -0.05) is 12.1 Å². The number of hydrogen-bond acceptors (Lipinski definition) is 4. The number of thiazole rings is 1. The van der Waals surface area contributed by atoms with Crippen LogP contribution >= 0.6 is 11.3 Å². The van der Waals surface area contributed by atoms with E-state index < -0.39 is 6.10 Å². The molecule has 0 aliphatic rings. The van der Waals surface area contributed by atoms with Gasteiger partial charge in [-0.2, -0.15) is 0 Å². The zero-order chi connectivity index (χ0) is 11.5. The predicted octanol–water partition coefficient (Wildman–Crippen LogP) is 2.54. The third kappa shape index (κ3) is 2.23. The summed E-state index contributed by atoms with van der Waals surface area (Å²) in [4.78, 5) is 4.99. The lowest BCUT2D eigenvalue weighted by molar-refractivity contribution is 0.223. The first-order chi connectivity index (χ1) is 7.70. The van der Waals surface area contributed by atoms with Gasteiger partial charge < -0.3 is 9.84 Å². The molecule has 84 valence electrons. The van der Waals surface area contributed by atoms with Gasteiger partial charge in [0.25, 0.3) is 0 Å². The highest BCUT2D eigenvalue weighted by molar-refractivity contribution is 7.11. The summed E-state index contributed by atoms with van der Waals surface area (Å²) < 4.78 is 5.12. The van der Waals surface area contributed by atoms with E-state index in [1.807, 2.05) is 31.2 Å². The zero-order valence-corrected chi connectivity index (χ0v) is 9.99. The first-order valence-electron chi connectivity index (χ1n) is 4.95. The minimum atomic E-state index is -0.624. The molecule has 0 radical (unpaired) electrons. The smallest absolute Gasteiger partial charge is 0.119 e. The lowest BCUT2D eigenvalue weighted by Gasteiger charge is -2.09. The minimum absolute atomic E-state index is 0.624. The van der Waals surface area contributed by atoms with Crippen molar-refractivity contribution in [3.8, 4) is 5.75 Å². The largest absolute Gasteiger partial charge is 0.497 e. The highest BCUT2D eigenvalue weighted by atomic mass is 32.1. The van der Waals surface area contributed by atoms with E-state index in [4.69, 9.17) is 4.74 Å². The van der Waals surface area contributed by atoms with Crippen LogP contribution in [0.5, 0.6) is 5.75 Å². The molecule has 3 nitrogen and oxygen atoms in total. The van der Waals surface area contributed by atoms with Crippen molar-refractivity contribution in [3.63, 3.8) is 0 Å². The van der Waals surface area contributed by atoms with Crippen LogP contribution in [0.25, 0.3) is 0 Å². The van der Waals surface area contributed by atoms with E-state index in [9.17, 15) is 5.11 Å². The van der Waals surface area contributed by atoms with Crippen molar-refractivity contribution < 1.29 is 9.84 Å². The SMILES string of the molecule is COc1cccc(C(O)c2cnc(C)s2)c1. The highest BCUT2D eigenvalue weighted by Crippen LogP contribution is 2.28. The molecule has 4 heteroatoms. The average molecular weight is 235 g/mol. The lowest BCUT2D eigenvalue weighted by Crippen LogP contribution is -1.97. The molecule has 1 aromatic carbocycles. The summed E-state index contributed by atoms with van der Waals surface area (Å²) in [6, 6.07) is 7.43. The molecule has 1 unspecified atom stereocenters. The third-order valence-electron chi connectivity index (χ3n) is 2.32. The molecule has 0 aliphatic carbocycles. The van der Waals surface area contributed by atoms with E-state index in [1.165, 1.54) is 11.3 Å². The van der Waals surface area contributed by atoms with Crippen LogP contribution < -0.4 is 4.74 Å². The number of hydrogen-bond donors (Lipinski definition) is 1. The van der Waals surface area contributed by atoms with E-state index in [0.717, 1.165) is 21.2 Å². The zero-order valence-electron chi connectivity index (χ0n) is 9.18. The highest BCUT2D eigenvalue weighted by Gasteiger charge is 2.13. The topological polar surface area (TPSA) is 42.4 Å². The first-order valence-corrected chi connectivity index (χ1v) is 5.76. The maximum absolute atomic E-state index is 10.1. The van der Waals surface area contributed by atoms with Crippen LogP contribution in [0, 0.1) is 6.92 Å². The van der Waals surface area contributed by atoms with Crippen molar-refractivity contribution >= 4 is 11.3 Å². The van der Waals surface area contributed by atoms with Crippen LogP contribution in [-0.4, -0.2) is 17.2 Å². The van der Waals surface area contributed by atoms with Gasteiger partial charge in [-0.05, 0) is 24.6 Å². The number of benzene rings is 1. The molecule has 0 bridgehead atoms. The molecule has 0 saturated heterocycles. The molecule has 16 heavy (non-hydrogen) atoms. The average Bonchev–Trinajstić information content (AvgIpc) is 2.75. The minimum Gasteiger partial charge on any atom is -0.497 e. The van der Waals surface area contributed by atoms with E-state index in [1.54, 1.807) is 13.3 Å². The summed E-state index contributed by atoms with van der Waals surface area (Å²) in [5, 5.41) is 11.1. The Balaban J connectivity index is 2.29. The van der Waals surface area contributed by atoms with Crippen molar-refractivity contribution in [2.45, 2.75) is 13.0 Å². The number of aliphatic hydroxyl groups excluding tert-OH is 1. The van der Waals surface area contributed by atoms with Gasteiger partial charge in [-0.3, -0.25) is 0 Å². The molecule has 1 aromatic heterocycles. The van der Waals surface area contributed by atoms with Gasteiger partial charge in [0.1, 0.15) is 11.9 Å². The molecule has 1 N–H and O–H groups in total. The van der Waals surface area contributed by atoms with Crippen LogP contribution in [0.15, 0.2) is 30.5 Å². The van der Waals surface area contributed by atoms with Crippen LogP contribution in [0.4, 0.5) is 0 Å². The van der Waals surface area contributed by atoms with Gasteiger partial charge in [0.2, 0.25) is 0 Å². The number of aryl methyl sites for hydroxylation is 1. The number of ether oxygens (including phenoxy) is 1. The fraction of sp³-hybridized carbons (Fsp3) is 0.250. The van der Waals surface area contributed by atoms with Crippen molar-refractivity contribution in [2.75, 3.05) is 7.11 Å². The van der Waals surface area contributed by atoms with E-state index in [2.05, 4.69) is 4.98 Å². The Morgan fingerprint density at radius 1 is 1.44 bits per heavy atom. The predicted molar refractivity (Wildman–Crippen MR) is 63.9 cm³/mol. The van der Waals surface area contributed by atoms with Crippen LogP contribution in [0.2, 0.25) is 0 Å². The maximum Gasteiger partial charge on any atom is 0.119 e. The van der Waals surface area contributed by atoms with Crippen LogP contribution in [-0.2, 0) is 0 Å². The summed E-state index contributed by atoms with van der Waals surface area (Å²) in [7, 11) is 1.61. The second-order valence-corrected chi connectivity index (χ2v) is 4.73. The monoisotopic (exact) mass is 235 g/mol. The van der Waals surface area contributed by atoms with E-state index in [-0.39, 0.29) is 0 Å². The van der Waals surface area contributed by atoms with Gasteiger partial charge >= 0.3 is 0 Å². The summed E-state index contributed by atoms with van der Waals surface area (Å²) in [5.74, 6) is 0.748. The summed E-state index contributed by atoms with van der Waals surface area (Å²) >= 11 is 1.50. The standard InChI is InChI=1S/C12H13NO2S/c1-8-13-7-11(16-8)12(14)9-4-3-5-10(6-9)15-2/h3-7,12,14H,1-2H3. The number of aliphatic hydroxyl groups is 1. The van der Waals surface area contributed by atoms with Crippen molar-refractivity contribution in [3.05, 3.63) is 45.9 Å². The van der Waals surface area contributed by atoms with E-state index in [0.29, 0.717) is 0 Å². The fourth-order valence-electron chi connectivity index (χ4n) is 1.48. The quantitative estimate of drug-likeness (QED) is 0.889. The van der Waals surface area contributed by atoms with Gasteiger partial charge in [0, 0.05) is 6.20 Å². The fourth-order valence-corrected chi connectivity index (χ4v) is 2.28. The maximum atomic E-state index is 10.1. The van der Waals surface area contributed by atoms with Gasteiger partial charge in [-0.15, -0.1) is 11.3 Å². The van der Waals surface area contributed by atoms with Gasteiger partial charge in [0.15, 0.2) is 0 Å². The molecule has 0 aliphatic heterocycles. The Hall–Kier alpha value is -1.39. The molecule has 0 fully saturated rings. The lowest BCUT2D eigenvalue weighted by atomic mass is 10.1. The Morgan fingerprint density at radius 2 is 2.25 bits per heavy atom. The van der Waals surface area contributed by atoms with Gasteiger partial charge in [0.05, 0.1) is 17.0 Å². The summed E-state index contributed by atoms with van der Waals surface area (Å²) in [6.07, 6.45) is 1.09. The molecule has 2 rings (SSSR count).